The second kappa shape index (κ2) is 6.17. The Labute approximate surface area is 150 Å². The first-order valence-corrected chi connectivity index (χ1v) is 9.05. The standard InChI is InChI=1S/C19H21N5O2/c25-19-20-18-4-3-16(13-24(18)21-19)23-8-6-22(7-9-23)12-14-1-2-15-5-10-26-17(15)11-14/h1-4,11,13H,5-10,12H2,(H,21,25). The normalized spacial score (nSPS) is 17.5. The molecule has 26 heavy (non-hydrogen) atoms. The Morgan fingerprint density at radius 3 is 2.88 bits per heavy atom. The Balaban J connectivity index is 1.24. The van der Waals surface area contributed by atoms with Gasteiger partial charge in [-0.05, 0) is 29.3 Å². The van der Waals surface area contributed by atoms with Gasteiger partial charge in [-0.25, -0.2) is 14.4 Å². The Kier molecular flexibility index (Phi) is 3.67. The van der Waals surface area contributed by atoms with E-state index in [4.69, 9.17) is 4.74 Å². The van der Waals surface area contributed by atoms with Crippen molar-refractivity contribution in [3.63, 3.8) is 0 Å². The van der Waals surface area contributed by atoms with Crippen LogP contribution in [-0.4, -0.2) is 52.3 Å². The Morgan fingerprint density at radius 2 is 2.00 bits per heavy atom. The number of hydrogen-bond donors (Lipinski definition) is 1. The third-order valence-corrected chi connectivity index (χ3v) is 5.25. The summed E-state index contributed by atoms with van der Waals surface area (Å²) in [6.07, 6.45) is 2.97. The fourth-order valence-corrected chi connectivity index (χ4v) is 3.81. The van der Waals surface area contributed by atoms with E-state index >= 15 is 0 Å². The minimum absolute atomic E-state index is 0.315. The molecule has 0 amide bonds. The number of aromatic nitrogens is 3. The number of hydrogen-bond acceptors (Lipinski definition) is 5. The molecule has 0 saturated carbocycles. The number of rotatable bonds is 3. The van der Waals surface area contributed by atoms with Crippen LogP contribution in [0.15, 0.2) is 41.3 Å². The number of benzene rings is 1. The van der Waals surface area contributed by atoms with Gasteiger partial charge in [-0.1, -0.05) is 12.1 Å². The summed E-state index contributed by atoms with van der Waals surface area (Å²) in [4.78, 5) is 20.1. The van der Waals surface area contributed by atoms with Crippen LogP contribution < -0.4 is 15.3 Å². The van der Waals surface area contributed by atoms with Crippen molar-refractivity contribution in [3.05, 3.63) is 58.1 Å². The molecule has 1 N–H and O–H groups in total. The second-order valence-electron chi connectivity index (χ2n) is 6.95. The van der Waals surface area contributed by atoms with E-state index in [2.05, 4.69) is 38.1 Å². The molecule has 2 aliphatic rings. The Hall–Kier alpha value is -2.80. The van der Waals surface area contributed by atoms with E-state index in [9.17, 15) is 4.79 Å². The molecule has 0 atom stereocenters. The minimum atomic E-state index is -0.315. The molecular formula is C19H21N5O2. The van der Waals surface area contributed by atoms with Crippen molar-refractivity contribution in [2.24, 2.45) is 0 Å². The number of nitrogens with zero attached hydrogens (tertiary/aromatic N) is 4. The largest absolute Gasteiger partial charge is 0.493 e. The summed E-state index contributed by atoms with van der Waals surface area (Å²) in [5, 5.41) is 2.70. The summed E-state index contributed by atoms with van der Waals surface area (Å²) >= 11 is 0. The lowest BCUT2D eigenvalue weighted by Crippen LogP contribution is -2.46. The summed E-state index contributed by atoms with van der Waals surface area (Å²) < 4.78 is 7.37. The molecule has 0 radical (unpaired) electrons. The highest BCUT2D eigenvalue weighted by Gasteiger charge is 2.19. The Morgan fingerprint density at radius 1 is 1.12 bits per heavy atom. The van der Waals surface area contributed by atoms with Gasteiger partial charge < -0.3 is 9.64 Å². The molecule has 7 heteroatoms. The first-order chi connectivity index (χ1) is 12.7. The second-order valence-corrected chi connectivity index (χ2v) is 6.95. The van der Waals surface area contributed by atoms with Crippen LogP contribution in [0.3, 0.4) is 0 Å². The zero-order valence-corrected chi connectivity index (χ0v) is 14.5. The smallest absolute Gasteiger partial charge is 0.362 e. The summed E-state index contributed by atoms with van der Waals surface area (Å²) in [6.45, 7) is 5.72. The average molecular weight is 351 g/mol. The molecule has 1 aromatic carbocycles. The van der Waals surface area contributed by atoms with Gasteiger partial charge in [-0.15, -0.1) is 0 Å². The maximum atomic E-state index is 11.3. The van der Waals surface area contributed by atoms with Crippen molar-refractivity contribution in [2.45, 2.75) is 13.0 Å². The van der Waals surface area contributed by atoms with Crippen LogP contribution in [0.5, 0.6) is 5.75 Å². The van der Waals surface area contributed by atoms with E-state index in [1.807, 2.05) is 18.3 Å². The van der Waals surface area contributed by atoms with Crippen LogP contribution >= 0.6 is 0 Å². The van der Waals surface area contributed by atoms with Crippen molar-refractivity contribution in [1.29, 1.82) is 0 Å². The van der Waals surface area contributed by atoms with Crippen molar-refractivity contribution < 1.29 is 4.74 Å². The van der Waals surface area contributed by atoms with E-state index in [1.165, 1.54) is 11.1 Å². The van der Waals surface area contributed by atoms with Gasteiger partial charge in [-0.3, -0.25) is 4.90 Å². The molecule has 2 aliphatic heterocycles. The topological polar surface area (TPSA) is 65.9 Å². The molecule has 0 bridgehead atoms. The lowest BCUT2D eigenvalue weighted by Gasteiger charge is -2.36. The van der Waals surface area contributed by atoms with Crippen molar-refractivity contribution in [2.75, 3.05) is 37.7 Å². The van der Waals surface area contributed by atoms with Crippen molar-refractivity contribution in [1.82, 2.24) is 19.5 Å². The number of fused-ring (bicyclic) bond motifs is 2. The van der Waals surface area contributed by atoms with Crippen molar-refractivity contribution in [3.8, 4) is 5.75 Å². The van der Waals surface area contributed by atoms with E-state index in [1.54, 1.807) is 4.52 Å². The number of H-pyrrole nitrogens is 1. The number of ether oxygens (including phenoxy) is 1. The SMILES string of the molecule is O=c1nc2ccc(N3CCN(Cc4ccc5c(c4)OCC5)CC3)cn2[nH]1. The van der Waals surface area contributed by atoms with Crippen LogP contribution in [0.4, 0.5) is 5.69 Å². The summed E-state index contributed by atoms with van der Waals surface area (Å²) in [5.41, 5.74) is 4.08. The molecule has 1 fully saturated rings. The average Bonchev–Trinajstić information content (AvgIpc) is 3.26. The van der Waals surface area contributed by atoms with Gasteiger partial charge >= 0.3 is 5.69 Å². The maximum absolute atomic E-state index is 11.3. The first kappa shape index (κ1) is 15.5. The quantitative estimate of drug-likeness (QED) is 0.770. The lowest BCUT2D eigenvalue weighted by atomic mass is 10.1. The molecule has 1 saturated heterocycles. The van der Waals surface area contributed by atoms with E-state index in [0.29, 0.717) is 5.65 Å². The molecule has 0 spiro atoms. The zero-order chi connectivity index (χ0) is 17.5. The molecule has 5 rings (SSSR count). The van der Waals surface area contributed by atoms with Crippen LogP contribution in [0, 0.1) is 0 Å². The lowest BCUT2D eigenvalue weighted by molar-refractivity contribution is 0.249. The highest BCUT2D eigenvalue weighted by atomic mass is 16.5. The van der Waals surface area contributed by atoms with Crippen LogP contribution in [0.1, 0.15) is 11.1 Å². The number of pyridine rings is 1. The molecule has 7 nitrogen and oxygen atoms in total. The third-order valence-electron chi connectivity index (χ3n) is 5.25. The summed E-state index contributed by atoms with van der Waals surface area (Å²) in [5.74, 6) is 1.06. The van der Waals surface area contributed by atoms with Gasteiger partial charge in [0.05, 0.1) is 18.5 Å². The number of nitrogens with one attached hydrogen (secondary N) is 1. The van der Waals surface area contributed by atoms with Gasteiger partial charge in [0.2, 0.25) is 0 Å². The fourth-order valence-electron chi connectivity index (χ4n) is 3.81. The maximum Gasteiger partial charge on any atom is 0.362 e. The minimum Gasteiger partial charge on any atom is -0.493 e. The Bertz CT molecular complexity index is 1000. The van der Waals surface area contributed by atoms with E-state index < -0.39 is 0 Å². The highest BCUT2D eigenvalue weighted by Crippen LogP contribution is 2.27. The van der Waals surface area contributed by atoms with Gasteiger partial charge in [0.15, 0.2) is 5.65 Å². The number of piperazine rings is 1. The monoisotopic (exact) mass is 351 g/mol. The van der Waals surface area contributed by atoms with Crippen LogP contribution in [-0.2, 0) is 13.0 Å². The van der Waals surface area contributed by atoms with Gasteiger partial charge in [-0.2, -0.15) is 4.98 Å². The highest BCUT2D eigenvalue weighted by molar-refractivity contribution is 5.51. The van der Waals surface area contributed by atoms with E-state index in [-0.39, 0.29) is 5.69 Å². The summed E-state index contributed by atoms with van der Waals surface area (Å²) in [6, 6.07) is 10.5. The van der Waals surface area contributed by atoms with Crippen LogP contribution in [0.25, 0.3) is 5.65 Å². The van der Waals surface area contributed by atoms with Gasteiger partial charge in [0.1, 0.15) is 5.75 Å². The number of anilines is 1. The van der Waals surface area contributed by atoms with E-state index in [0.717, 1.165) is 57.2 Å². The number of aromatic amines is 1. The molecule has 4 heterocycles. The van der Waals surface area contributed by atoms with Crippen LogP contribution in [0.2, 0.25) is 0 Å². The van der Waals surface area contributed by atoms with Gasteiger partial charge in [0.25, 0.3) is 0 Å². The molecule has 0 aliphatic carbocycles. The van der Waals surface area contributed by atoms with Crippen molar-refractivity contribution >= 4 is 11.3 Å². The molecule has 3 aromatic rings. The molecule has 2 aromatic heterocycles. The zero-order valence-electron chi connectivity index (χ0n) is 14.5. The van der Waals surface area contributed by atoms with Gasteiger partial charge in [0, 0.05) is 39.1 Å². The predicted octanol–water partition coefficient (Wildman–Crippen LogP) is 1.28. The predicted molar refractivity (Wildman–Crippen MR) is 98.9 cm³/mol. The summed E-state index contributed by atoms with van der Waals surface area (Å²) in [7, 11) is 0. The molecule has 134 valence electrons. The molecule has 0 unspecified atom stereocenters. The fraction of sp³-hybridized carbons (Fsp3) is 0.368. The first-order valence-electron chi connectivity index (χ1n) is 9.05. The third kappa shape index (κ3) is 2.84. The molecular weight excluding hydrogens is 330 g/mol.